The number of methoxy groups -OCH3 is 1. The highest BCUT2D eigenvalue weighted by Gasteiger charge is 2.23. The predicted molar refractivity (Wildman–Crippen MR) is 134 cm³/mol. The number of ether oxygens (including phenoxy) is 2. The monoisotopic (exact) mass is 489 g/mol. The Morgan fingerprint density at radius 2 is 1.88 bits per heavy atom. The minimum Gasteiger partial charge on any atom is -0.383 e. The van der Waals surface area contributed by atoms with Gasteiger partial charge in [-0.25, -0.2) is 9.97 Å². The van der Waals surface area contributed by atoms with Crippen molar-refractivity contribution in [3.05, 3.63) is 23.5 Å². The van der Waals surface area contributed by atoms with Gasteiger partial charge in [-0.1, -0.05) is 11.6 Å². The van der Waals surface area contributed by atoms with E-state index in [1.165, 1.54) is 0 Å². The second kappa shape index (κ2) is 12.6. The third-order valence-corrected chi connectivity index (χ3v) is 6.86. The van der Waals surface area contributed by atoms with Gasteiger partial charge in [0.25, 0.3) is 0 Å². The molecule has 9 nitrogen and oxygen atoms in total. The van der Waals surface area contributed by atoms with Crippen LogP contribution in [0.5, 0.6) is 0 Å². The van der Waals surface area contributed by atoms with E-state index in [9.17, 15) is 0 Å². The minimum atomic E-state index is 0.345. The molecule has 1 saturated carbocycles. The molecule has 2 fully saturated rings. The zero-order valence-electron chi connectivity index (χ0n) is 20.1. The van der Waals surface area contributed by atoms with E-state index >= 15 is 0 Å². The molecule has 4 rings (SSSR count). The Bertz CT molecular complexity index is 905. The average molecular weight is 490 g/mol. The van der Waals surface area contributed by atoms with Crippen molar-refractivity contribution in [3.8, 4) is 11.3 Å². The van der Waals surface area contributed by atoms with Crippen molar-refractivity contribution in [3.63, 3.8) is 0 Å². The molecule has 2 aromatic heterocycles. The van der Waals surface area contributed by atoms with Crippen LogP contribution in [0.2, 0.25) is 5.02 Å². The van der Waals surface area contributed by atoms with Gasteiger partial charge in [0, 0.05) is 50.6 Å². The molecular formula is C24H36ClN7O2. The summed E-state index contributed by atoms with van der Waals surface area (Å²) in [4.78, 5) is 9.14. The average Bonchev–Trinajstić information content (AvgIpc) is 2.86. The Hall–Kier alpha value is -2.07. The quantitative estimate of drug-likeness (QED) is 0.459. The summed E-state index contributed by atoms with van der Waals surface area (Å²) >= 11 is 6.46. The van der Waals surface area contributed by atoms with Crippen LogP contribution in [0.1, 0.15) is 45.4 Å². The molecule has 0 amide bonds. The van der Waals surface area contributed by atoms with Crippen LogP contribution in [0.3, 0.4) is 0 Å². The topological polar surface area (TPSA) is 106 Å². The zero-order valence-corrected chi connectivity index (χ0v) is 20.9. The van der Waals surface area contributed by atoms with Crippen LogP contribution in [-0.4, -0.2) is 71.8 Å². The maximum atomic E-state index is 6.46. The number of hydrogen-bond acceptors (Lipinski definition) is 9. The molecule has 1 atom stereocenters. The number of anilines is 2. The molecule has 0 bridgehead atoms. The summed E-state index contributed by atoms with van der Waals surface area (Å²) in [5, 5.41) is 19.4. The molecule has 1 aliphatic carbocycles. The Kier molecular flexibility index (Phi) is 9.26. The Morgan fingerprint density at radius 3 is 2.65 bits per heavy atom. The fourth-order valence-corrected chi connectivity index (χ4v) is 4.91. The molecule has 3 N–H and O–H groups in total. The molecule has 2 aliphatic rings. The largest absolute Gasteiger partial charge is 0.383 e. The molecule has 0 aromatic carbocycles. The molecule has 10 heteroatoms. The van der Waals surface area contributed by atoms with Crippen LogP contribution in [0, 0.1) is 5.92 Å². The summed E-state index contributed by atoms with van der Waals surface area (Å²) in [6.45, 7) is 5.41. The van der Waals surface area contributed by atoms with E-state index in [1.54, 1.807) is 19.5 Å². The Morgan fingerprint density at radius 1 is 1.12 bits per heavy atom. The van der Waals surface area contributed by atoms with Gasteiger partial charge in [0.05, 0.1) is 29.7 Å². The van der Waals surface area contributed by atoms with Crippen molar-refractivity contribution in [2.45, 2.75) is 63.6 Å². The Labute approximate surface area is 206 Å². The predicted octanol–water partition coefficient (Wildman–Crippen LogP) is 3.77. The van der Waals surface area contributed by atoms with Gasteiger partial charge < -0.3 is 25.4 Å². The van der Waals surface area contributed by atoms with Crippen LogP contribution in [0.25, 0.3) is 11.3 Å². The van der Waals surface area contributed by atoms with Crippen LogP contribution in [0.4, 0.5) is 11.8 Å². The molecule has 1 saturated heterocycles. The number of aromatic nitrogens is 4. The van der Waals surface area contributed by atoms with Crippen LogP contribution >= 0.6 is 11.6 Å². The molecule has 186 valence electrons. The summed E-state index contributed by atoms with van der Waals surface area (Å²) in [6, 6.07) is 3.19. The van der Waals surface area contributed by atoms with Crippen molar-refractivity contribution in [2.24, 2.45) is 5.92 Å². The molecule has 1 aliphatic heterocycles. The van der Waals surface area contributed by atoms with Crippen LogP contribution < -0.4 is 16.0 Å². The highest BCUT2D eigenvalue weighted by molar-refractivity contribution is 6.32. The van der Waals surface area contributed by atoms with Gasteiger partial charge in [-0.3, -0.25) is 0 Å². The van der Waals surface area contributed by atoms with Crippen molar-refractivity contribution >= 4 is 23.4 Å². The summed E-state index contributed by atoms with van der Waals surface area (Å²) in [6.07, 6.45) is 9.84. The molecule has 0 unspecified atom stereocenters. The summed E-state index contributed by atoms with van der Waals surface area (Å²) in [5.41, 5.74) is 1.48. The number of nitrogens with zero attached hydrogens (tertiary/aromatic N) is 4. The SMILES string of the molecule is COC[C@@H](C)NC1CCC(Nc2ncc(Cl)c(-c3cnnc(NCC4CCOCC4)c3)n2)CC1. The van der Waals surface area contributed by atoms with Gasteiger partial charge in [0.15, 0.2) is 0 Å². The van der Waals surface area contributed by atoms with E-state index in [2.05, 4.69) is 38.1 Å². The molecule has 3 heterocycles. The van der Waals surface area contributed by atoms with Crippen molar-refractivity contribution in [1.29, 1.82) is 0 Å². The van der Waals surface area contributed by atoms with Crippen LogP contribution in [-0.2, 0) is 9.47 Å². The lowest BCUT2D eigenvalue weighted by molar-refractivity contribution is 0.0699. The van der Waals surface area contributed by atoms with E-state index < -0.39 is 0 Å². The van der Waals surface area contributed by atoms with E-state index in [-0.39, 0.29) is 0 Å². The highest BCUT2D eigenvalue weighted by Crippen LogP contribution is 2.28. The zero-order chi connectivity index (χ0) is 23.8. The lowest BCUT2D eigenvalue weighted by Gasteiger charge is -2.31. The molecule has 2 aromatic rings. The molecular weight excluding hydrogens is 454 g/mol. The molecule has 0 radical (unpaired) electrons. The first-order valence-electron chi connectivity index (χ1n) is 12.3. The maximum absolute atomic E-state index is 6.46. The van der Waals surface area contributed by atoms with Gasteiger partial charge in [-0.05, 0) is 57.4 Å². The first kappa shape index (κ1) is 25.0. The summed E-state index contributed by atoms with van der Waals surface area (Å²) < 4.78 is 10.7. The number of nitrogens with one attached hydrogen (secondary N) is 3. The van der Waals surface area contributed by atoms with Gasteiger partial charge in [-0.15, -0.1) is 5.10 Å². The standard InChI is InChI=1S/C24H36ClN7O2/c1-16(15-33-2)29-19-3-5-20(6-4-19)30-24-27-14-21(25)23(31-24)18-11-22(32-28-13-18)26-12-17-7-9-34-10-8-17/h11,13-14,16-17,19-20,29H,3-10,12,15H2,1-2H3,(H,26,32)(H,27,30,31)/t16-,19?,20?/m1/s1. The van der Waals surface area contributed by atoms with Crippen LogP contribution in [0.15, 0.2) is 18.5 Å². The maximum Gasteiger partial charge on any atom is 0.223 e. The van der Waals surface area contributed by atoms with Gasteiger partial charge in [0.2, 0.25) is 5.95 Å². The summed E-state index contributed by atoms with van der Waals surface area (Å²) in [7, 11) is 1.74. The first-order valence-corrected chi connectivity index (χ1v) is 12.7. The first-order chi connectivity index (χ1) is 16.6. The van der Waals surface area contributed by atoms with E-state index in [0.29, 0.717) is 40.7 Å². The highest BCUT2D eigenvalue weighted by atomic mass is 35.5. The van der Waals surface area contributed by atoms with E-state index in [4.69, 9.17) is 26.1 Å². The van der Waals surface area contributed by atoms with Gasteiger partial charge in [-0.2, -0.15) is 5.10 Å². The van der Waals surface area contributed by atoms with Crippen molar-refractivity contribution in [2.75, 3.05) is 44.1 Å². The number of rotatable bonds is 10. The fraction of sp³-hybridized carbons (Fsp3) is 0.667. The minimum absolute atomic E-state index is 0.345. The number of hydrogen-bond donors (Lipinski definition) is 3. The second-order valence-corrected chi connectivity index (χ2v) is 9.78. The fourth-order valence-electron chi connectivity index (χ4n) is 4.71. The molecule has 0 spiro atoms. The summed E-state index contributed by atoms with van der Waals surface area (Å²) in [5.74, 6) is 1.91. The lowest BCUT2D eigenvalue weighted by Crippen LogP contribution is -2.43. The third kappa shape index (κ3) is 7.21. The Balaban J connectivity index is 1.34. The van der Waals surface area contributed by atoms with Gasteiger partial charge >= 0.3 is 0 Å². The normalized spacial score (nSPS) is 22.3. The van der Waals surface area contributed by atoms with Gasteiger partial charge in [0.1, 0.15) is 5.82 Å². The third-order valence-electron chi connectivity index (χ3n) is 6.58. The van der Waals surface area contributed by atoms with E-state index in [1.807, 2.05) is 6.07 Å². The van der Waals surface area contributed by atoms with Crippen molar-refractivity contribution in [1.82, 2.24) is 25.5 Å². The second-order valence-electron chi connectivity index (χ2n) is 9.37. The van der Waals surface area contributed by atoms with E-state index in [0.717, 1.165) is 76.3 Å². The smallest absolute Gasteiger partial charge is 0.223 e. The lowest BCUT2D eigenvalue weighted by atomic mass is 9.91. The molecule has 34 heavy (non-hydrogen) atoms. The number of halogens is 1. The van der Waals surface area contributed by atoms with Crippen molar-refractivity contribution < 1.29 is 9.47 Å².